The van der Waals surface area contributed by atoms with Crippen LogP contribution in [-0.2, 0) is 16.1 Å². The van der Waals surface area contributed by atoms with Crippen LogP contribution in [0.3, 0.4) is 0 Å². The molecule has 0 aliphatic heterocycles. The molecule has 28 heavy (non-hydrogen) atoms. The summed E-state index contributed by atoms with van der Waals surface area (Å²) in [6, 6.07) is 8.39. The number of carbonyl (C=O) groups is 2. The maximum absolute atomic E-state index is 12.5. The van der Waals surface area contributed by atoms with E-state index in [0.717, 1.165) is 17.0 Å². The first-order valence-corrected chi connectivity index (χ1v) is 9.68. The first-order valence-electron chi connectivity index (χ1n) is 9.68. The van der Waals surface area contributed by atoms with Crippen LogP contribution in [0.5, 0.6) is 0 Å². The van der Waals surface area contributed by atoms with E-state index in [4.69, 9.17) is 0 Å². The van der Waals surface area contributed by atoms with Crippen molar-refractivity contribution in [2.45, 2.75) is 41.2 Å². The van der Waals surface area contributed by atoms with Gasteiger partial charge in [0, 0.05) is 30.4 Å². The number of hydrogen-bond donors (Lipinski definition) is 1. The van der Waals surface area contributed by atoms with E-state index < -0.39 is 0 Å². The molecule has 0 aliphatic rings. The van der Waals surface area contributed by atoms with Crippen molar-refractivity contribution in [3.8, 4) is 0 Å². The molecule has 6 nitrogen and oxygen atoms in total. The highest BCUT2D eigenvalue weighted by Crippen LogP contribution is 2.17. The van der Waals surface area contributed by atoms with Crippen LogP contribution in [0.2, 0.25) is 0 Å². The summed E-state index contributed by atoms with van der Waals surface area (Å²) in [5.41, 5.74) is 5.23. The fraction of sp³-hybridized carbons (Fsp3) is 0.409. The van der Waals surface area contributed by atoms with Crippen molar-refractivity contribution in [3.05, 3.63) is 58.4 Å². The van der Waals surface area contributed by atoms with Crippen LogP contribution < -0.4 is 5.32 Å². The largest absolute Gasteiger partial charge is 0.355 e. The van der Waals surface area contributed by atoms with Crippen LogP contribution in [-0.4, -0.2) is 46.1 Å². The smallest absolute Gasteiger partial charge is 0.247 e. The van der Waals surface area contributed by atoms with Gasteiger partial charge in [-0.3, -0.25) is 14.3 Å². The maximum atomic E-state index is 12.5. The summed E-state index contributed by atoms with van der Waals surface area (Å²) in [6.07, 6.45) is 3.32. The fourth-order valence-corrected chi connectivity index (χ4v) is 3.00. The Hall–Kier alpha value is -2.89. The van der Waals surface area contributed by atoms with E-state index in [1.54, 1.807) is 6.08 Å². The van der Waals surface area contributed by atoms with Crippen molar-refractivity contribution in [2.75, 3.05) is 19.6 Å². The predicted molar refractivity (Wildman–Crippen MR) is 112 cm³/mol. The zero-order valence-electron chi connectivity index (χ0n) is 17.5. The molecule has 6 heteroatoms. The van der Waals surface area contributed by atoms with Gasteiger partial charge in [-0.25, -0.2) is 0 Å². The third kappa shape index (κ3) is 5.55. The quantitative estimate of drug-likeness (QED) is 0.714. The highest BCUT2D eigenvalue weighted by Gasteiger charge is 2.14. The van der Waals surface area contributed by atoms with Crippen molar-refractivity contribution in [2.24, 2.45) is 0 Å². The number of amides is 2. The van der Waals surface area contributed by atoms with Crippen LogP contribution in [0.1, 0.15) is 41.9 Å². The predicted octanol–water partition coefficient (Wildman–Crippen LogP) is 2.85. The molecule has 1 aromatic carbocycles. The van der Waals surface area contributed by atoms with Crippen LogP contribution in [0.4, 0.5) is 0 Å². The van der Waals surface area contributed by atoms with E-state index >= 15 is 0 Å². The molecule has 0 unspecified atom stereocenters. The van der Waals surface area contributed by atoms with Gasteiger partial charge in [0.2, 0.25) is 11.8 Å². The van der Waals surface area contributed by atoms with Crippen LogP contribution >= 0.6 is 0 Å². The normalized spacial score (nSPS) is 11.0. The molecule has 0 aliphatic carbocycles. The molecule has 0 bridgehead atoms. The number of aromatic nitrogens is 2. The maximum Gasteiger partial charge on any atom is 0.247 e. The van der Waals surface area contributed by atoms with Gasteiger partial charge in [0.15, 0.2) is 0 Å². The number of hydrogen-bond acceptors (Lipinski definition) is 3. The molecule has 1 aromatic heterocycles. The monoisotopic (exact) mass is 382 g/mol. The molecular weight excluding hydrogens is 352 g/mol. The van der Waals surface area contributed by atoms with Gasteiger partial charge in [0.25, 0.3) is 0 Å². The minimum absolute atomic E-state index is 0.0676. The van der Waals surface area contributed by atoms with Crippen molar-refractivity contribution < 1.29 is 9.59 Å². The van der Waals surface area contributed by atoms with Crippen molar-refractivity contribution >= 4 is 17.9 Å². The highest BCUT2D eigenvalue weighted by atomic mass is 16.2. The van der Waals surface area contributed by atoms with Gasteiger partial charge in [-0.15, -0.1) is 0 Å². The van der Waals surface area contributed by atoms with Gasteiger partial charge in [0.05, 0.1) is 18.8 Å². The molecular formula is C22H30N4O2. The molecule has 0 atom stereocenters. The van der Waals surface area contributed by atoms with Gasteiger partial charge < -0.3 is 10.2 Å². The summed E-state index contributed by atoms with van der Waals surface area (Å²) >= 11 is 0. The second-order valence-corrected chi connectivity index (χ2v) is 6.87. The number of aryl methyl sites for hydroxylation is 2. The molecule has 1 N–H and O–H groups in total. The van der Waals surface area contributed by atoms with Crippen molar-refractivity contribution in [3.63, 3.8) is 0 Å². The second-order valence-electron chi connectivity index (χ2n) is 6.87. The van der Waals surface area contributed by atoms with Crippen molar-refractivity contribution in [1.29, 1.82) is 0 Å². The number of nitrogens with one attached hydrogen (secondary N) is 1. The average Bonchev–Trinajstić information content (AvgIpc) is 2.93. The van der Waals surface area contributed by atoms with E-state index in [-0.39, 0.29) is 18.4 Å². The molecule has 0 radical (unpaired) electrons. The number of benzene rings is 1. The molecule has 0 spiro atoms. The summed E-state index contributed by atoms with van der Waals surface area (Å²) in [5.74, 6) is -0.330. The van der Waals surface area contributed by atoms with Gasteiger partial charge in [-0.05, 0) is 46.3 Å². The zero-order chi connectivity index (χ0) is 20.7. The van der Waals surface area contributed by atoms with E-state index in [2.05, 4.69) is 41.6 Å². The van der Waals surface area contributed by atoms with E-state index in [1.807, 2.05) is 32.4 Å². The first kappa shape index (κ1) is 21.4. The summed E-state index contributed by atoms with van der Waals surface area (Å²) in [5, 5.41) is 7.34. The minimum Gasteiger partial charge on any atom is -0.355 e. The Balaban J connectivity index is 2.12. The topological polar surface area (TPSA) is 67.2 Å². The van der Waals surface area contributed by atoms with E-state index in [0.29, 0.717) is 19.6 Å². The molecule has 150 valence electrons. The lowest BCUT2D eigenvalue weighted by Crippen LogP contribution is -2.39. The Labute approximate surface area is 167 Å². The Morgan fingerprint density at radius 2 is 1.82 bits per heavy atom. The lowest BCUT2D eigenvalue weighted by Gasteiger charge is -2.18. The number of nitrogens with zero attached hydrogens (tertiary/aromatic N) is 3. The highest BCUT2D eigenvalue weighted by molar-refractivity contribution is 5.94. The molecule has 0 saturated heterocycles. The molecule has 2 rings (SSSR count). The number of rotatable bonds is 8. The van der Waals surface area contributed by atoms with E-state index in [9.17, 15) is 9.59 Å². The third-order valence-corrected chi connectivity index (χ3v) is 4.68. The van der Waals surface area contributed by atoms with E-state index in [1.165, 1.54) is 22.1 Å². The van der Waals surface area contributed by atoms with Gasteiger partial charge in [-0.2, -0.15) is 5.10 Å². The molecule has 0 saturated carbocycles. The van der Waals surface area contributed by atoms with Crippen LogP contribution in [0, 0.1) is 20.8 Å². The molecule has 1 heterocycles. The van der Waals surface area contributed by atoms with Gasteiger partial charge in [0.1, 0.15) is 0 Å². The van der Waals surface area contributed by atoms with Gasteiger partial charge in [-0.1, -0.05) is 29.8 Å². The fourth-order valence-electron chi connectivity index (χ4n) is 3.00. The summed E-state index contributed by atoms with van der Waals surface area (Å²) in [7, 11) is 0. The Morgan fingerprint density at radius 3 is 2.43 bits per heavy atom. The summed E-state index contributed by atoms with van der Waals surface area (Å²) in [6.45, 7) is 11.5. The SMILES string of the molecule is CCNC(=O)CN(CC)C(=O)C=Cc1c(C)nn(Cc2ccc(C)cc2)c1C. The van der Waals surface area contributed by atoms with Crippen LogP contribution in [0.25, 0.3) is 6.08 Å². The molecule has 0 fully saturated rings. The second kappa shape index (κ2) is 9.88. The minimum atomic E-state index is -0.182. The Morgan fingerprint density at radius 1 is 1.14 bits per heavy atom. The van der Waals surface area contributed by atoms with Gasteiger partial charge >= 0.3 is 0 Å². The number of carbonyl (C=O) groups excluding carboxylic acids is 2. The summed E-state index contributed by atoms with van der Waals surface area (Å²) in [4.78, 5) is 25.7. The standard InChI is InChI=1S/C22H30N4O2/c1-6-23-21(27)15-25(7-2)22(28)13-12-20-17(4)24-26(18(20)5)14-19-10-8-16(3)9-11-19/h8-13H,6-7,14-15H2,1-5H3,(H,23,27). The average molecular weight is 383 g/mol. The lowest BCUT2D eigenvalue weighted by atomic mass is 10.1. The molecule has 2 amide bonds. The lowest BCUT2D eigenvalue weighted by molar-refractivity contribution is -0.132. The third-order valence-electron chi connectivity index (χ3n) is 4.68. The summed E-state index contributed by atoms with van der Waals surface area (Å²) < 4.78 is 1.95. The molecule has 2 aromatic rings. The first-order chi connectivity index (χ1) is 13.3. The van der Waals surface area contributed by atoms with Crippen LogP contribution in [0.15, 0.2) is 30.3 Å². The van der Waals surface area contributed by atoms with Crippen molar-refractivity contribution in [1.82, 2.24) is 20.0 Å². The Kier molecular flexibility index (Phi) is 7.55. The Bertz CT molecular complexity index is 850. The zero-order valence-corrected chi connectivity index (χ0v) is 17.5. The number of likely N-dealkylation sites (N-methyl/N-ethyl adjacent to an activating group) is 2.